The van der Waals surface area contributed by atoms with Crippen LogP contribution in [0.2, 0.25) is 0 Å². The van der Waals surface area contributed by atoms with E-state index < -0.39 is 5.41 Å². The number of amides is 1. The number of thioether (sulfide) groups is 1. The largest absolute Gasteiger partial charge is 0.354 e. The molecule has 1 aliphatic carbocycles. The first-order chi connectivity index (χ1) is 7.64. The molecule has 0 radical (unpaired) electrons. The Morgan fingerprint density at radius 1 is 1.69 bits per heavy atom. The van der Waals surface area contributed by atoms with E-state index in [1.165, 1.54) is 0 Å². The summed E-state index contributed by atoms with van der Waals surface area (Å²) >= 11 is 1.61. The second kappa shape index (κ2) is 5.82. The van der Waals surface area contributed by atoms with Gasteiger partial charge in [-0.05, 0) is 18.8 Å². The summed E-state index contributed by atoms with van der Waals surface area (Å²) in [6.45, 7) is 2.65. The number of nitriles is 1. The monoisotopic (exact) mass is 236 g/mol. The van der Waals surface area contributed by atoms with Crippen LogP contribution in [-0.4, -0.2) is 24.0 Å². The third-order valence-electron chi connectivity index (χ3n) is 2.76. The highest BCUT2D eigenvalue weighted by molar-refractivity contribution is 7.99. The second-order valence-corrected chi connectivity index (χ2v) is 5.33. The van der Waals surface area contributed by atoms with Crippen LogP contribution in [0.25, 0.3) is 0 Å². The summed E-state index contributed by atoms with van der Waals surface area (Å²) in [6, 6.07) is 2.15. The molecule has 1 aliphatic rings. The highest BCUT2D eigenvalue weighted by atomic mass is 32.2. The predicted molar refractivity (Wildman–Crippen MR) is 65.6 cm³/mol. The molecule has 0 aromatic heterocycles. The van der Waals surface area contributed by atoms with Crippen molar-refractivity contribution < 1.29 is 4.79 Å². The molecule has 1 amide bonds. The maximum absolute atomic E-state index is 11.8. The molecule has 1 fully saturated rings. The van der Waals surface area contributed by atoms with Gasteiger partial charge >= 0.3 is 0 Å². The minimum Gasteiger partial charge on any atom is -0.354 e. The second-order valence-electron chi connectivity index (χ2n) is 4.22. The van der Waals surface area contributed by atoms with E-state index in [4.69, 9.17) is 11.7 Å². The van der Waals surface area contributed by atoms with Crippen molar-refractivity contribution in [2.75, 3.05) is 18.1 Å². The molecule has 0 unspecified atom stereocenters. The van der Waals surface area contributed by atoms with Gasteiger partial charge in [-0.1, -0.05) is 12.8 Å². The van der Waals surface area contributed by atoms with Crippen LogP contribution in [0.15, 0.2) is 0 Å². The number of carbonyl (C=O) groups excluding carboxylic acids is 1. The number of nitrogens with zero attached hydrogens (tertiary/aromatic N) is 1. The molecule has 0 aromatic carbocycles. The van der Waals surface area contributed by atoms with Crippen molar-refractivity contribution in [3.8, 4) is 18.4 Å². The van der Waals surface area contributed by atoms with Gasteiger partial charge in [0.15, 0.2) is 0 Å². The molecule has 0 aromatic rings. The molecule has 0 aliphatic heterocycles. The fourth-order valence-electron chi connectivity index (χ4n) is 1.99. The molecule has 1 rings (SSSR count). The van der Waals surface area contributed by atoms with Crippen molar-refractivity contribution >= 4 is 17.7 Å². The molecule has 3 nitrogen and oxygen atoms in total. The van der Waals surface area contributed by atoms with E-state index in [1.807, 2.05) is 0 Å². The number of carbonyl (C=O) groups is 1. The number of nitrogens with one attached hydrogen (secondary N) is 1. The van der Waals surface area contributed by atoms with E-state index in [1.54, 1.807) is 11.8 Å². The van der Waals surface area contributed by atoms with Crippen LogP contribution in [0.3, 0.4) is 0 Å². The van der Waals surface area contributed by atoms with Crippen LogP contribution in [-0.2, 0) is 4.79 Å². The average molecular weight is 236 g/mol. The lowest BCUT2D eigenvalue weighted by Crippen LogP contribution is -2.48. The Hall–Kier alpha value is -1.13. The lowest BCUT2D eigenvalue weighted by Gasteiger charge is -2.39. The molecular weight excluding hydrogens is 220 g/mol. The lowest BCUT2D eigenvalue weighted by molar-refractivity contribution is -0.133. The Morgan fingerprint density at radius 3 is 2.88 bits per heavy atom. The Balaban J connectivity index is 2.25. The van der Waals surface area contributed by atoms with Gasteiger partial charge in [-0.3, -0.25) is 4.79 Å². The summed E-state index contributed by atoms with van der Waals surface area (Å²) in [7, 11) is 0. The minimum absolute atomic E-state index is 0.116. The standard InChI is InChI=1S/C12H16N2OS/c1-3-5-16-6-4-14-11(15)12(9-13)7-10(2)8-12/h1,10H,4-8H2,2H3,(H,14,15). The van der Waals surface area contributed by atoms with E-state index >= 15 is 0 Å². The minimum atomic E-state index is -0.754. The van der Waals surface area contributed by atoms with Gasteiger partial charge in [-0.25, -0.2) is 0 Å². The SMILES string of the molecule is C#CCSCCNC(=O)C1(C#N)CC(C)C1. The zero-order valence-electron chi connectivity index (χ0n) is 9.45. The van der Waals surface area contributed by atoms with Crippen molar-refractivity contribution in [1.29, 1.82) is 5.26 Å². The van der Waals surface area contributed by atoms with E-state index in [-0.39, 0.29) is 5.91 Å². The maximum Gasteiger partial charge on any atom is 0.240 e. The fraction of sp³-hybridized carbons (Fsp3) is 0.667. The first kappa shape index (κ1) is 12.9. The summed E-state index contributed by atoms with van der Waals surface area (Å²) < 4.78 is 0. The highest BCUT2D eigenvalue weighted by Gasteiger charge is 2.48. The normalized spacial score (nSPS) is 27.3. The molecule has 0 bridgehead atoms. The summed E-state index contributed by atoms with van der Waals surface area (Å²) in [5, 5.41) is 11.8. The van der Waals surface area contributed by atoms with Crippen LogP contribution in [0.5, 0.6) is 0 Å². The first-order valence-corrected chi connectivity index (χ1v) is 6.51. The summed E-state index contributed by atoms with van der Waals surface area (Å²) in [4.78, 5) is 11.8. The molecular formula is C12H16N2OS. The molecule has 0 atom stereocenters. The summed E-state index contributed by atoms with van der Waals surface area (Å²) in [5.74, 6) is 4.36. The van der Waals surface area contributed by atoms with E-state index in [2.05, 4.69) is 24.2 Å². The van der Waals surface area contributed by atoms with Gasteiger partial charge in [0.2, 0.25) is 5.91 Å². The van der Waals surface area contributed by atoms with Gasteiger partial charge in [0, 0.05) is 12.3 Å². The van der Waals surface area contributed by atoms with E-state index in [0.29, 0.717) is 31.1 Å². The topological polar surface area (TPSA) is 52.9 Å². The number of hydrogen-bond acceptors (Lipinski definition) is 3. The third-order valence-corrected chi connectivity index (χ3v) is 3.62. The number of terminal acetylenes is 1. The first-order valence-electron chi connectivity index (χ1n) is 5.35. The quantitative estimate of drug-likeness (QED) is 0.580. The van der Waals surface area contributed by atoms with Gasteiger partial charge in [-0.15, -0.1) is 18.2 Å². The predicted octanol–water partition coefficient (Wildman–Crippen LogP) is 1.41. The van der Waals surface area contributed by atoms with Crippen molar-refractivity contribution in [1.82, 2.24) is 5.32 Å². The van der Waals surface area contributed by atoms with Crippen LogP contribution in [0.1, 0.15) is 19.8 Å². The Morgan fingerprint density at radius 2 is 2.38 bits per heavy atom. The number of rotatable bonds is 5. The van der Waals surface area contributed by atoms with Gasteiger partial charge < -0.3 is 5.32 Å². The van der Waals surface area contributed by atoms with Crippen LogP contribution >= 0.6 is 11.8 Å². The van der Waals surface area contributed by atoms with Gasteiger partial charge in [0.25, 0.3) is 0 Å². The molecule has 16 heavy (non-hydrogen) atoms. The van der Waals surface area contributed by atoms with Gasteiger partial charge in [0.1, 0.15) is 5.41 Å². The molecule has 1 saturated carbocycles. The average Bonchev–Trinajstić information content (AvgIpc) is 2.24. The van der Waals surface area contributed by atoms with Crippen LogP contribution in [0, 0.1) is 35.0 Å². The van der Waals surface area contributed by atoms with Crippen LogP contribution < -0.4 is 5.32 Å². The zero-order valence-corrected chi connectivity index (χ0v) is 10.3. The molecule has 0 heterocycles. The van der Waals surface area contributed by atoms with E-state index in [0.717, 1.165) is 5.75 Å². The van der Waals surface area contributed by atoms with Crippen LogP contribution in [0.4, 0.5) is 0 Å². The Kier molecular flexibility index (Phi) is 4.71. The maximum atomic E-state index is 11.8. The molecule has 86 valence electrons. The molecule has 4 heteroatoms. The molecule has 1 N–H and O–H groups in total. The lowest BCUT2D eigenvalue weighted by atomic mass is 9.63. The third kappa shape index (κ3) is 2.93. The number of hydrogen-bond donors (Lipinski definition) is 1. The Bertz CT molecular complexity index is 334. The molecule has 0 saturated heterocycles. The van der Waals surface area contributed by atoms with Crippen molar-refractivity contribution in [2.45, 2.75) is 19.8 Å². The highest BCUT2D eigenvalue weighted by Crippen LogP contribution is 2.44. The summed E-state index contributed by atoms with van der Waals surface area (Å²) in [5.41, 5.74) is -0.754. The fourth-order valence-corrected chi connectivity index (χ4v) is 2.50. The summed E-state index contributed by atoms with van der Waals surface area (Å²) in [6.07, 6.45) is 6.48. The smallest absolute Gasteiger partial charge is 0.240 e. The van der Waals surface area contributed by atoms with Gasteiger partial charge in [0.05, 0.1) is 11.8 Å². The van der Waals surface area contributed by atoms with E-state index in [9.17, 15) is 4.79 Å². The molecule has 0 spiro atoms. The van der Waals surface area contributed by atoms with Crippen molar-refractivity contribution in [3.05, 3.63) is 0 Å². The zero-order chi connectivity index (χ0) is 12.0. The van der Waals surface area contributed by atoms with Crippen molar-refractivity contribution in [3.63, 3.8) is 0 Å². The van der Waals surface area contributed by atoms with Gasteiger partial charge in [-0.2, -0.15) is 5.26 Å². The Labute approximate surface area is 101 Å². The van der Waals surface area contributed by atoms with Crippen molar-refractivity contribution in [2.24, 2.45) is 11.3 Å².